The van der Waals surface area contributed by atoms with Gasteiger partial charge in [-0.3, -0.25) is 10.1 Å². The third-order valence-corrected chi connectivity index (χ3v) is 2.93. The molecular weight excluding hydrogens is 301 g/mol. The van der Waals surface area contributed by atoms with Crippen LogP contribution in [0.4, 0.5) is 5.69 Å². The molecule has 0 saturated heterocycles. The van der Waals surface area contributed by atoms with Crippen molar-refractivity contribution in [2.75, 3.05) is 5.33 Å². The summed E-state index contributed by atoms with van der Waals surface area (Å²) in [6, 6.07) is 3.89. The number of halogens is 2. The maximum Gasteiger partial charge on any atom is 0.276 e. The van der Waals surface area contributed by atoms with Gasteiger partial charge in [-0.1, -0.05) is 27.5 Å². The maximum absolute atomic E-state index is 10.7. The topological polar surface area (TPSA) is 83.6 Å². The van der Waals surface area contributed by atoms with Gasteiger partial charge in [0.15, 0.2) is 0 Å². The second-order valence-corrected chi connectivity index (χ2v) is 4.21. The van der Waals surface area contributed by atoms with Gasteiger partial charge in [-0.15, -0.1) is 0 Å². The predicted octanol–water partition coefficient (Wildman–Crippen LogP) is 2.04. The molecule has 0 aliphatic rings. The van der Waals surface area contributed by atoms with Gasteiger partial charge in [0.2, 0.25) is 0 Å². The minimum Gasteiger partial charge on any atom is -0.389 e. The van der Waals surface area contributed by atoms with Crippen molar-refractivity contribution in [3.8, 4) is 0 Å². The molecule has 5 nitrogen and oxygen atoms in total. The van der Waals surface area contributed by atoms with Gasteiger partial charge in [0.05, 0.1) is 16.6 Å². The lowest BCUT2D eigenvalue weighted by Gasteiger charge is -2.15. The highest BCUT2D eigenvalue weighted by Gasteiger charge is 2.25. The molecule has 0 saturated carbocycles. The molecule has 2 atom stereocenters. The van der Waals surface area contributed by atoms with E-state index >= 15 is 0 Å². The van der Waals surface area contributed by atoms with E-state index in [0.29, 0.717) is 0 Å². The first-order valence-corrected chi connectivity index (χ1v) is 5.83. The Labute approximate surface area is 105 Å². The molecule has 0 bridgehead atoms. The van der Waals surface area contributed by atoms with Gasteiger partial charge in [-0.2, -0.15) is 0 Å². The van der Waals surface area contributed by atoms with Crippen LogP contribution in [0, 0.1) is 10.1 Å². The first-order valence-electron chi connectivity index (χ1n) is 4.33. The summed E-state index contributed by atoms with van der Waals surface area (Å²) >= 11 is 8.60. The number of aliphatic hydroxyl groups is 2. The number of rotatable bonds is 4. The molecule has 0 spiro atoms. The number of hydrogen-bond acceptors (Lipinski definition) is 4. The number of hydrogen-bond donors (Lipinski definition) is 2. The highest BCUT2D eigenvalue weighted by molar-refractivity contribution is 9.09. The number of benzene rings is 1. The van der Waals surface area contributed by atoms with E-state index in [1.54, 1.807) is 0 Å². The first kappa shape index (κ1) is 13.4. The lowest BCUT2D eigenvalue weighted by atomic mass is 10.0. The molecule has 0 fully saturated rings. The fourth-order valence-corrected chi connectivity index (χ4v) is 1.74. The summed E-state index contributed by atoms with van der Waals surface area (Å²) in [6.45, 7) is 0. The van der Waals surface area contributed by atoms with Crippen molar-refractivity contribution in [1.82, 2.24) is 0 Å². The van der Waals surface area contributed by atoms with E-state index in [4.69, 9.17) is 11.6 Å². The molecule has 0 radical (unpaired) electrons. The molecule has 7 heteroatoms. The molecular formula is C9H9BrClNO4. The van der Waals surface area contributed by atoms with Crippen molar-refractivity contribution in [2.45, 2.75) is 12.2 Å². The van der Waals surface area contributed by atoms with E-state index in [2.05, 4.69) is 15.9 Å². The maximum atomic E-state index is 10.7. The zero-order valence-electron chi connectivity index (χ0n) is 8.01. The van der Waals surface area contributed by atoms with Crippen molar-refractivity contribution >= 4 is 33.2 Å². The summed E-state index contributed by atoms with van der Waals surface area (Å²) < 4.78 is 0. The van der Waals surface area contributed by atoms with E-state index < -0.39 is 17.1 Å². The standard InChI is InChI=1S/C9H9BrClNO4/c10-4-8(13)9(14)6-2-1-5(11)3-7(6)12(15)16/h1-3,8-9,13-14H,4H2. The van der Waals surface area contributed by atoms with Crippen molar-refractivity contribution in [3.63, 3.8) is 0 Å². The Morgan fingerprint density at radius 1 is 1.50 bits per heavy atom. The fraction of sp³-hybridized carbons (Fsp3) is 0.333. The fourth-order valence-electron chi connectivity index (χ4n) is 1.22. The van der Waals surface area contributed by atoms with Crippen LogP contribution in [-0.4, -0.2) is 26.6 Å². The van der Waals surface area contributed by atoms with Crippen LogP contribution >= 0.6 is 27.5 Å². The van der Waals surface area contributed by atoms with Gasteiger partial charge in [-0.05, 0) is 12.1 Å². The smallest absolute Gasteiger partial charge is 0.276 e. The molecule has 1 rings (SSSR count). The van der Waals surface area contributed by atoms with Gasteiger partial charge >= 0.3 is 0 Å². The van der Waals surface area contributed by atoms with Crippen molar-refractivity contribution in [1.29, 1.82) is 0 Å². The lowest BCUT2D eigenvalue weighted by Crippen LogP contribution is -2.20. The van der Waals surface area contributed by atoms with Crippen LogP contribution in [0.25, 0.3) is 0 Å². The molecule has 2 unspecified atom stereocenters. The molecule has 16 heavy (non-hydrogen) atoms. The van der Waals surface area contributed by atoms with E-state index in [1.165, 1.54) is 12.1 Å². The van der Waals surface area contributed by atoms with Gasteiger partial charge < -0.3 is 10.2 Å². The van der Waals surface area contributed by atoms with E-state index in [0.717, 1.165) is 6.07 Å². The zero-order chi connectivity index (χ0) is 12.3. The van der Waals surface area contributed by atoms with Crippen LogP contribution in [0.1, 0.15) is 11.7 Å². The second-order valence-electron chi connectivity index (χ2n) is 3.13. The van der Waals surface area contributed by atoms with E-state index in [1.807, 2.05) is 0 Å². The minimum atomic E-state index is -1.32. The molecule has 0 aliphatic heterocycles. The molecule has 0 aromatic heterocycles. The molecule has 0 heterocycles. The van der Waals surface area contributed by atoms with Crippen LogP contribution in [0.3, 0.4) is 0 Å². The largest absolute Gasteiger partial charge is 0.389 e. The van der Waals surface area contributed by atoms with Gasteiger partial charge in [-0.25, -0.2) is 0 Å². The number of aliphatic hydroxyl groups excluding tert-OH is 2. The molecule has 2 N–H and O–H groups in total. The Morgan fingerprint density at radius 3 is 2.62 bits per heavy atom. The van der Waals surface area contributed by atoms with Crippen LogP contribution < -0.4 is 0 Å². The highest BCUT2D eigenvalue weighted by Crippen LogP contribution is 2.30. The Bertz CT molecular complexity index is 401. The summed E-state index contributed by atoms with van der Waals surface area (Å²) in [5, 5.41) is 30.1. The summed E-state index contributed by atoms with van der Waals surface area (Å²) in [6.07, 6.45) is -2.43. The first-order chi connectivity index (χ1) is 7.47. The number of nitrogens with zero attached hydrogens (tertiary/aromatic N) is 1. The SMILES string of the molecule is O=[N+]([O-])c1cc(Cl)ccc1C(O)C(O)CBr. The summed E-state index contributed by atoms with van der Waals surface area (Å²) in [4.78, 5) is 10.1. The van der Waals surface area contributed by atoms with Crippen LogP contribution in [0.2, 0.25) is 5.02 Å². The van der Waals surface area contributed by atoms with Crippen molar-refractivity contribution in [3.05, 3.63) is 38.9 Å². The quantitative estimate of drug-likeness (QED) is 0.506. The molecule has 0 aliphatic carbocycles. The third-order valence-electron chi connectivity index (χ3n) is 2.03. The Balaban J connectivity index is 3.17. The summed E-state index contributed by atoms with van der Waals surface area (Å²) in [5.74, 6) is 0. The van der Waals surface area contributed by atoms with Gasteiger partial charge in [0.25, 0.3) is 5.69 Å². The number of nitro groups is 1. The van der Waals surface area contributed by atoms with Crippen LogP contribution in [-0.2, 0) is 0 Å². The zero-order valence-corrected chi connectivity index (χ0v) is 10.3. The summed E-state index contributed by atoms with van der Waals surface area (Å²) in [5.41, 5.74) is -0.263. The van der Waals surface area contributed by atoms with Crippen LogP contribution in [0.15, 0.2) is 18.2 Å². The van der Waals surface area contributed by atoms with Crippen LogP contribution in [0.5, 0.6) is 0 Å². The second kappa shape index (κ2) is 5.58. The Kier molecular flexibility index (Phi) is 4.67. The van der Waals surface area contributed by atoms with Gasteiger partial charge in [0, 0.05) is 16.4 Å². The van der Waals surface area contributed by atoms with Gasteiger partial charge in [0.1, 0.15) is 6.10 Å². The highest BCUT2D eigenvalue weighted by atomic mass is 79.9. The van der Waals surface area contributed by atoms with Crippen molar-refractivity contribution in [2.24, 2.45) is 0 Å². The Hall–Kier alpha value is -0.690. The average Bonchev–Trinajstić information content (AvgIpc) is 2.26. The number of nitro benzene ring substituents is 1. The average molecular weight is 311 g/mol. The minimum absolute atomic E-state index is 0.0429. The lowest BCUT2D eigenvalue weighted by molar-refractivity contribution is -0.386. The monoisotopic (exact) mass is 309 g/mol. The molecule has 1 aromatic rings. The normalized spacial score (nSPS) is 14.5. The van der Waals surface area contributed by atoms with Crippen molar-refractivity contribution < 1.29 is 15.1 Å². The third kappa shape index (κ3) is 2.91. The van der Waals surface area contributed by atoms with E-state index in [-0.39, 0.29) is 21.6 Å². The molecule has 1 aromatic carbocycles. The van der Waals surface area contributed by atoms with E-state index in [9.17, 15) is 20.3 Å². The summed E-state index contributed by atoms with van der Waals surface area (Å²) in [7, 11) is 0. The molecule has 88 valence electrons. The molecule has 0 amide bonds. The Morgan fingerprint density at radius 2 is 2.12 bits per heavy atom. The predicted molar refractivity (Wildman–Crippen MR) is 62.9 cm³/mol. The number of alkyl halides is 1.